The topological polar surface area (TPSA) is 41.6 Å². The van der Waals surface area contributed by atoms with Crippen LogP contribution in [-0.4, -0.2) is 30.5 Å². The molecule has 2 aliphatic rings. The molecule has 104 valence electrons. The van der Waals surface area contributed by atoms with Crippen LogP contribution in [0.1, 0.15) is 51.4 Å². The molecule has 0 aromatic rings. The van der Waals surface area contributed by atoms with E-state index in [0.29, 0.717) is 0 Å². The Morgan fingerprint density at radius 1 is 1.17 bits per heavy atom. The van der Waals surface area contributed by atoms with Gasteiger partial charge in [0.05, 0.1) is 0 Å². The van der Waals surface area contributed by atoms with E-state index in [0.717, 1.165) is 32.0 Å². The molecule has 0 aromatic heterocycles. The second-order valence-corrected chi connectivity index (χ2v) is 5.15. The third-order valence-corrected chi connectivity index (χ3v) is 3.77. The van der Waals surface area contributed by atoms with Gasteiger partial charge in [0.1, 0.15) is 0 Å². The third-order valence-electron chi connectivity index (χ3n) is 3.77. The van der Waals surface area contributed by atoms with E-state index in [-0.39, 0.29) is 24.0 Å². The highest BCUT2D eigenvalue weighted by molar-refractivity contribution is 14.0. The molecule has 18 heavy (non-hydrogen) atoms. The number of allylic oxidation sites excluding steroid dienone is 1. The fourth-order valence-electron chi connectivity index (χ4n) is 2.68. The van der Waals surface area contributed by atoms with Crippen LogP contribution in [-0.2, 0) is 0 Å². The maximum atomic E-state index is 6.06. The van der Waals surface area contributed by atoms with Crippen LogP contribution in [0.5, 0.6) is 0 Å². The average Bonchev–Trinajstić information content (AvgIpc) is 2.69. The summed E-state index contributed by atoms with van der Waals surface area (Å²) in [4.78, 5) is 6.79. The van der Waals surface area contributed by atoms with Crippen molar-refractivity contribution in [3.8, 4) is 0 Å². The molecule has 1 saturated heterocycles. The highest BCUT2D eigenvalue weighted by atomic mass is 127. The molecule has 0 spiro atoms. The zero-order valence-corrected chi connectivity index (χ0v) is 13.6. The van der Waals surface area contributed by atoms with Gasteiger partial charge in [0.2, 0.25) is 0 Å². The van der Waals surface area contributed by atoms with Gasteiger partial charge in [-0.3, -0.25) is 4.99 Å². The second kappa shape index (κ2) is 8.77. The van der Waals surface area contributed by atoms with Crippen LogP contribution < -0.4 is 5.73 Å². The van der Waals surface area contributed by atoms with Crippen LogP contribution >= 0.6 is 24.0 Å². The zero-order valence-electron chi connectivity index (χ0n) is 11.2. The van der Waals surface area contributed by atoms with Crippen molar-refractivity contribution in [3.63, 3.8) is 0 Å². The number of rotatable bonds is 3. The summed E-state index contributed by atoms with van der Waals surface area (Å²) in [6.07, 6.45) is 12.6. The molecule has 0 aromatic carbocycles. The molecule has 0 saturated carbocycles. The van der Waals surface area contributed by atoms with Crippen molar-refractivity contribution in [2.45, 2.75) is 51.4 Å². The lowest BCUT2D eigenvalue weighted by atomic mass is 10.2. The molecule has 1 aliphatic carbocycles. The Labute approximate surface area is 128 Å². The van der Waals surface area contributed by atoms with E-state index in [4.69, 9.17) is 5.73 Å². The molecule has 0 atom stereocenters. The monoisotopic (exact) mass is 363 g/mol. The van der Waals surface area contributed by atoms with E-state index in [1.54, 1.807) is 5.57 Å². The standard InChI is InChI=1S/C14H25N3.HI/c15-14(17-11-5-1-2-6-12-17)16-10-9-13-7-3-4-8-13;/h7H,1-6,8-12H2,(H2,15,16);1H. The molecule has 1 fully saturated rings. The lowest BCUT2D eigenvalue weighted by Gasteiger charge is -2.21. The first kappa shape index (κ1) is 15.8. The molecule has 1 heterocycles. The van der Waals surface area contributed by atoms with Gasteiger partial charge in [-0.15, -0.1) is 24.0 Å². The summed E-state index contributed by atoms with van der Waals surface area (Å²) in [7, 11) is 0. The number of guanidine groups is 1. The molecule has 1 aliphatic heterocycles. The van der Waals surface area contributed by atoms with Crippen LogP contribution in [0.4, 0.5) is 0 Å². The van der Waals surface area contributed by atoms with Gasteiger partial charge in [-0.05, 0) is 38.5 Å². The molecule has 4 heteroatoms. The van der Waals surface area contributed by atoms with Crippen molar-refractivity contribution in [1.29, 1.82) is 0 Å². The summed E-state index contributed by atoms with van der Waals surface area (Å²) >= 11 is 0. The Morgan fingerprint density at radius 2 is 1.89 bits per heavy atom. The molecule has 0 radical (unpaired) electrons. The Hall–Kier alpha value is -0.260. The van der Waals surface area contributed by atoms with Gasteiger partial charge >= 0.3 is 0 Å². The maximum absolute atomic E-state index is 6.06. The van der Waals surface area contributed by atoms with Crippen molar-refractivity contribution >= 4 is 29.9 Å². The van der Waals surface area contributed by atoms with Gasteiger partial charge in [0, 0.05) is 19.6 Å². The summed E-state index contributed by atoms with van der Waals surface area (Å²) in [5, 5.41) is 0. The Kier molecular flexibility index (Phi) is 7.70. The van der Waals surface area contributed by atoms with E-state index >= 15 is 0 Å². The van der Waals surface area contributed by atoms with Crippen molar-refractivity contribution in [3.05, 3.63) is 11.6 Å². The maximum Gasteiger partial charge on any atom is 0.191 e. The Balaban J connectivity index is 0.00000162. The van der Waals surface area contributed by atoms with Gasteiger partial charge in [0.15, 0.2) is 5.96 Å². The van der Waals surface area contributed by atoms with Gasteiger partial charge in [0.25, 0.3) is 0 Å². The lowest BCUT2D eigenvalue weighted by molar-refractivity contribution is 0.428. The Bertz CT molecular complexity index is 291. The number of aliphatic imine (C=N–C) groups is 1. The molecule has 3 nitrogen and oxygen atoms in total. The SMILES string of the molecule is I.NC(=NCCC1=CCCC1)N1CCCCCC1. The minimum Gasteiger partial charge on any atom is -0.370 e. The fraction of sp³-hybridized carbons (Fsp3) is 0.786. The quantitative estimate of drug-likeness (QED) is 0.362. The van der Waals surface area contributed by atoms with Crippen LogP contribution in [0, 0.1) is 0 Å². The van der Waals surface area contributed by atoms with Gasteiger partial charge in [-0.1, -0.05) is 24.5 Å². The largest absolute Gasteiger partial charge is 0.370 e. The van der Waals surface area contributed by atoms with E-state index < -0.39 is 0 Å². The van der Waals surface area contributed by atoms with Crippen LogP contribution in [0.15, 0.2) is 16.6 Å². The first-order chi connectivity index (χ1) is 8.36. The number of hydrogen-bond acceptors (Lipinski definition) is 1. The minimum absolute atomic E-state index is 0. The van der Waals surface area contributed by atoms with Crippen LogP contribution in [0.25, 0.3) is 0 Å². The molecule has 0 amide bonds. The van der Waals surface area contributed by atoms with E-state index in [1.807, 2.05) is 0 Å². The highest BCUT2D eigenvalue weighted by Crippen LogP contribution is 2.20. The number of hydrogen-bond donors (Lipinski definition) is 1. The average molecular weight is 363 g/mol. The lowest BCUT2D eigenvalue weighted by Crippen LogP contribution is -2.38. The smallest absolute Gasteiger partial charge is 0.191 e. The molecular weight excluding hydrogens is 337 g/mol. The molecule has 0 unspecified atom stereocenters. The summed E-state index contributed by atoms with van der Waals surface area (Å²) < 4.78 is 0. The van der Waals surface area contributed by atoms with Crippen LogP contribution in [0.2, 0.25) is 0 Å². The number of halogens is 1. The number of nitrogens with two attached hydrogens (primary N) is 1. The van der Waals surface area contributed by atoms with E-state index in [2.05, 4.69) is 16.0 Å². The summed E-state index contributed by atoms with van der Waals surface area (Å²) in [5.74, 6) is 0.769. The summed E-state index contributed by atoms with van der Waals surface area (Å²) in [6, 6.07) is 0. The number of nitrogens with zero attached hydrogens (tertiary/aromatic N) is 2. The first-order valence-electron chi connectivity index (χ1n) is 7.09. The molecular formula is C14H26IN3. The summed E-state index contributed by atoms with van der Waals surface area (Å²) in [5.41, 5.74) is 7.64. The first-order valence-corrected chi connectivity index (χ1v) is 7.09. The minimum atomic E-state index is 0. The zero-order chi connectivity index (χ0) is 11.9. The van der Waals surface area contributed by atoms with Gasteiger partial charge in [-0.2, -0.15) is 0 Å². The normalized spacial score (nSPS) is 21.2. The predicted molar refractivity (Wildman–Crippen MR) is 88.5 cm³/mol. The molecule has 2 N–H and O–H groups in total. The van der Waals surface area contributed by atoms with Gasteiger partial charge < -0.3 is 10.6 Å². The second-order valence-electron chi connectivity index (χ2n) is 5.15. The van der Waals surface area contributed by atoms with Crippen molar-refractivity contribution < 1.29 is 0 Å². The fourth-order valence-corrected chi connectivity index (χ4v) is 2.68. The van der Waals surface area contributed by atoms with E-state index in [9.17, 15) is 0 Å². The van der Waals surface area contributed by atoms with Crippen molar-refractivity contribution in [2.24, 2.45) is 10.7 Å². The molecule has 2 rings (SSSR count). The third kappa shape index (κ3) is 5.16. The number of likely N-dealkylation sites (tertiary alicyclic amines) is 1. The molecule has 0 bridgehead atoms. The predicted octanol–water partition coefficient (Wildman–Crippen LogP) is 3.30. The van der Waals surface area contributed by atoms with Gasteiger partial charge in [-0.25, -0.2) is 0 Å². The van der Waals surface area contributed by atoms with Crippen LogP contribution in [0.3, 0.4) is 0 Å². The summed E-state index contributed by atoms with van der Waals surface area (Å²) in [6.45, 7) is 3.06. The van der Waals surface area contributed by atoms with E-state index in [1.165, 1.54) is 44.9 Å². The highest BCUT2D eigenvalue weighted by Gasteiger charge is 2.10. The van der Waals surface area contributed by atoms with Crippen molar-refractivity contribution in [2.75, 3.05) is 19.6 Å². The van der Waals surface area contributed by atoms with Crippen molar-refractivity contribution in [1.82, 2.24) is 4.90 Å². The Morgan fingerprint density at radius 3 is 2.50 bits per heavy atom.